The maximum atomic E-state index is 6.21. The molecular formula is C16H24ClNO3. The van der Waals surface area contributed by atoms with E-state index in [1.807, 2.05) is 12.1 Å². The molecule has 1 saturated heterocycles. The first-order valence-corrected chi connectivity index (χ1v) is 7.85. The number of hydrogen-bond donors (Lipinski definition) is 1. The number of nitrogens with one attached hydrogen (secondary N) is 1. The summed E-state index contributed by atoms with van der Waals surface area (Å²) >= 11 is 6.21. The fourth-order valence-corrected chi connectivity index (χ4v) is 2.97. The van der Waals surface area contributed by atoms with Gasteiger partial charge in [-0.1, -0.05) is 24.9 Å². The Morgan fingerprint density at radius 3 is 2.71 bits per heavy atom. The monoisotopic (exact) mass is 313 g/mol. The zero-order valence-corrected chi connectivity index (χ0v) is 13.7. The Bertz CT molecular complexity index is 465. The first-order chi connectivity index (χ1) is 10.2. The number of halogens is 1. The van der Waals surface area contributed by atoms with E-state index in [1.54, 1.807) is 14.2 Å². The number of hydrogen-bond acceptors (Lipinski definition) is 4. The van der Waals surface area contributed by atoms with Crippen LogP contribution < -0.4 is 14.8 Å². The van der Waals surface area contributed by atoms with Crippen LogP contribution in [0.15, 0.2) is 12.1 Å². The van der Waals surface area contributed by atoms with Crippen molar-refractivity contribution < 1.29 is 14.2 Å². The van der Waals surface area contributed by atoms with Crippen LogP contribution in [0.1, 0.15) is 32.6 Å². The van der Waals surface area contributed by atoms with Crippen molar-refractivity contribution in [3.05, 3.63) is 17.2 Å². The predicted molar refractivity (Wildman–Crippen MR) is 85.8 cm³/mol. The summed E-state index contributed by atoms with van der Waals surface area (Å²) in [5.41, 5.74) is 0.908. The molecule has 0 radical (unpaired) electrons. The molecule has 118 valence electrons. The molecule has 5 heteroatoms. The zero-order chi connectivity index (χ0) is 15.2. The maximum absolute atomic E-state index is 6.21. The molecule has 1 heterocycles. The molecule has 2 unspecified atom stereocenters. The summed E-state index contributed by atoms with van der Waals surface area (Å²) in [6.45, 7) is 2.99. The van der Waals surface area contributed by atoms with Gasteiger partial charge >= 0.3 is 0 Å². The minimum atomic E-state index is 0.348. The van der Waals surface area contributed by atoms with Crippen molar-refractivity contribution in [1.82, 2.24) is 0 Å². The Balaban J connectivity index is 2.09. The van der Waals surface area contributed by atoms with Crippen molar-refractivity contribution in [2.24, 2.45) is 0 Å². The van der Waals surface area contributed by atoms with E-state index in [4.69, 9.17) is 25.8 Å². The summed E-state index contributed by atoms with van der Waals surface area (Å²) in [6.07, 6.45) is 4.61. The second kappa shape index (κ2) is 7.76. The molecule has 4 nitrogen and oxygen atoms in total. The number of rotatable bonds is 6. The quantitative estimate of drug-likeness (QED) is 0.857. The van der Waals surface area contributed by atoms with Crippen LogP contribution in [0.5, 0.6) is 11.5 Å². The molecule has 2 rings (SSSR count). The van der Waals surface area contributed by atoms with E-state index in [9.17, 15) is 0 Å². The van der Waals surface area contributed by atoms with E-state index in [0.717, 1.165) is 43.7 Å². The van der Waals surface area contributed by atoms with Crippen LogP contribution in [0.2, 0.25) is 5.02 Å². The van der Waals surface area contributed by atoms with Gasteiger partial charge in [-0.25, -0.2) is 0 Å². The highest BCUT2D eigenvalue weighted by molar-refractivity contribution is 6.32. The molecule has 2 atom stereocenters. The SMILES string of the molecule is CCCC1CC(Nc2cc(Cl)c(OC)cc2OC)CCO1. The maximum Gasteiger partial charge on any atom is 0.145 e. The van der Waals surface area contributed by atoms with Gasteiger partial charge in [-0.3, -0.25) is 0 Å². The Hall–Kier alpha value is -1.13. The van der Waals surface area contributed by atoms with E-state index in [0.29, 0.717) is 22.9 Å². The average molecular weight is 314 g/mol. The summed E-state index contributed by atoms with van der Waals surface area (Å²) in [4.78, 5) is 0. The average Bonchev–Trinajstić information content (AvgIpc) is 2.48. The molecule has 1 aliphatic rings. The summed E-state index contributed by atoms with van der Waals surface area (Å²) in [5.74, 6) is 1.37. The van der Waals surface area contributed by atoms with Gasteiger partial charge in [-0.15, -0.1) is 0 Å². The van der Waals surface area contributed by atoms with Gasteiger partial charge in [0.15, 0.2) is 0 Å². The molecule has 1 aliphatic heterocycles. The Kier molecular flexibility index (Phi) is 6.00. The van der Waals surface area contributed by atoms with Crippen LogP contribution in [0, 0.1) is 0 Å². The van der Waals surface area contributed by atoms with Crippen LogP contribution in [-0.2, 0) is 4.74 Å². The van der Waals surface area contributed by atoms with Crippen molar-refractivity contribution in [2.45, 2.75) is 44.8 Å². The number of benzene rings is 1. The van der Waals surface area contributed by atoms with Gasteiger partial charge in [0.05, 0.1) is 31.0 Å². The molecular weight excluding hydrogens is 290 g/mol. The molecule has 1 N–H and O–H groups in total. The number of ether oxygens (including phenoxy) is 3. The Morgan fingerprint density at radius 2 is 2.05 bits per heavy atom. The number of anilines is 1. The first kappa shape index (κ1) is 16.2. The highest BCUT2D eigenvalue weighted by atomic mass is 35.5. The summed E-state index contributed by atoms with van der Waals surface area (Å²) in [5, 5.41) is 4.12. The number of methoxy groups -OCH3 is 2. The minimum absolute atomic E-state index is 0.348. The van der Waals surface area contributed by atoms with Crippen LogP contribution in [-0.4, -0.2) is 33.0 Å². The van der Waals surface area contributed by atoms with E-state index in [1.165, 1.54) is 0 Å². The van der Waals surface area contributed by atoms with Gasteiger partial charge in [0.2, 0.25) is 0 Å². The van der Waals surface area contributed by atoms with E-state index < -0.39 is 0 Å². The van der Waals surface area contributed by atoms with Crippen molar-refractivity contribution in [3.63, 3.8) is 0 Å². The van der Waals surface area contributed by atoms with Crippen LogP contribution in [0.4, 0.5) is 5.69 Å². The fraction of sp³-hybridized carbons (Fsp3) is 0.625. The normalized spacial score (nSPS) is 21.9. The topological polar surface area (TPSA) is 39.7 Å². The van der Waals surface area contributed by atoms with Crippen molar-refractivity contribution in [2.75, 3.05) is 26.1 Å². The lowest BCUT2D eigenvalue weighted by atomic mass is 10.00. The third kappa shape index (κ3) is 4.17. The van der Waals surface area contributed by atoms with E-state index >= 15 is 0 Å². The third-order valence-electron chi connectivity index (χ3n) is 3.81. The van der Waals surface area contributed by atoms with Crippen molar-refractivity contribution in [1.29, 1.82) is 0 Å². The smallest absolute Gasteiger partial charge is 0.145 e. The van der Waals surface area contributed by atoms with E-state index in [-0.39, 0.29) is 0 Å². The second-order valence-corrected chi connectivity index (χ2v) is 5.74. The summed E-state index contributed by atoms with van der Waals surface area (Å²) in [6, 6.07) is 4.06. The summed E-state index contributed by atoms with van der Waals surface area (Å²) < 4.78 is 16.4. The summed E-state index contributed by atoms with van der Waals surface area (Å²) in [7, 11) is 3.25. The van der Waals surface area contributed by atoms with Gasteiger partial charge in [-0.2, -0.15) is 0 Å². The molecule has 1 fully saturated rings. The first-order valence-electron chi connectivity index (χ1n) is 7.47. The largest absolute Gasteiger partial charge is 0.495 e. The highest BCUT2D eigenvalue weighted by Gasteiger charge is 2.23. The van der Waals surface area contributed by atoms with Gasteiger partial charge in [0.25, 0.3) is 0 Å². The molecule has 0 bridgehead atoms. The van der Waals surface area contributed by atoms with Crippen LogP contribution >= 0.6 is 11.6 Å². The van der Waals surface area contributed by atoms with Crippen LogP contribution in [0.25, 0.3) is 0 Å². The standard InChI is InChI=1S/C16H24ClNO3/c1-4-5-12-8-11(6-7-21-12)18-14-9-13(17)15(19-2)10-16(14)20-3/h9-12,18H,4-8H2,1-3H3. The fourth-order valence-electron chi connectivity index (χ4n) is 2.73. The molecule has 0 aliphatic carbocycles. The highest BCUT2D eigenvalue weighted by Crippen LogP contribution is 2.37. The lowest BCUT2D eigenvalue weighted by Crippen LogP contribution is -2.34. The van der Waals surface area contributed by atoms with Gasteiger partial charge in [0.1, 0.15) is 11.5 Å². The molecule has 0 spiro atoms. The molecule has 0 amide bonds. The Labute approximate surface area is 131 Å². The lowest BCUT2D eigenvalue weighted by molar-refractivity contribution is 0.00595. The van der Waals surface area contributed by atoms with Gasteiger partial charge in [-0.05, 0) is 25.3 Å². The molecule has 21 heavy (non-hydrogen) atoms. The molecule has 1 aromatic rings. The van der Waals surface area contributed by atoms with Gasteiger partial charge < -0.3 is 19.5 Å². The molecule has 0 saturated carbocycles. The molecule has 0 aromatic heterocycles. The van der Waals surface area contributed by atoms with Gasteiger partial charge in [0, 0.05) is 18.7 Å². The minimum Gasteiger partial charge on any atom is -0.495 e. The molecule has 1 aromatic carbocycles. The third-order valence-corrected chi connectivity index (χ3v) is 4.11. The zero-order valence-electron chi connectivity index (χ0n) is 12.9. The van der Waals surface area contributed by atoms with Crippen molar-refractivity contribution >= 4 is 17.3 Å². The predicted octanol–water partition coefficient (Wildman–Crippen LogP) is 4.12. The Morgan fingerprint density at radius 1 is 1.29 bits per heavy atom. The van der Waals surface area contributed by atoms with Crippen LogP contribution in [0.3, 0.4) is 0 Å². The second-order valence-electron chi connectivity index (χ2n) is 5.33. The lowest BCUT2D eigenvalue weighted by Gasteiger charge is -2.31. The van der Waals surface area contributed by atoms with Crippen molar-refractivity contribution in [3.8, 4) is 11.5 Å². The van der Waals surface area contributed by atoms with E-state index in [2.05, 4.69) is 12.2 Å².